The Bertz CT molecular complexity index is 786. The highest BCUT2D eigenvalue weighted by molar-refractivity contribution is 5.73. The van der Waals surface area contributed by atoms with Crippen LogP contribution in [0.4, 0.5) is 0 Å². The number of aliphatic hydroxyl groups is 1. The highest BCUT2D eigenvalue weighted by Gasteiger charge is 2.53. The number of amides is 1. The first-order chi connectivity index (χ1) is 18.0. The van der Waals surface area contributed by atoms with Gasteiger partial charge in [-0.25, -0.2) is 4.68 Å². The Labute approximate surface area is 217 Å². The van der Waals surface area contributed by atoms with Gasteiger partial charge in [-0.15, -0.1) is 5.10 Å². The van der Waals surface area contributed by atoms with Gasteiger partial charge in [-0.05, 0) is 7.05 Å². The third kappa shape index (κ3) is 10.5. The Kier molecular flexibility index (Phi) is 13.1. The monoisotopic (exact) mass is 531 g/mol. The molecule has 3 fully saturated rings. The minimum Gasteiger partial charge on any atom is -0.385 e. The summed E-state index contributed by atoms with van der Waals surface area (Å²) in [5.41, 5.74) is -0.388. The first kappa shape index (κ1) is 29.8. The van der Waals surface area contributed by atoms with E-state index in [2.05, 4.69) is 20.9 Å². The predicted octanol–water partition coefficient (Wildman–Crippen LogP) is -1.54. The van der Waals surface area contributed by atoms with Crippen LogP contribution in [0.2, 0.25) is 0 Å². The smallest absolute Gasteiger partial charge is 0.217 e. The van der Waals surface area contributed by atoms with Crippen LogP contribution in [0.25, 0.3) is 0 Å². The summed E-state index contributed by atoms with van der Waals surface area (Å²) in [6.45, 7) is 7.44. The van der Waals surface area contributed by atoms with Crippen LogP contribution in [0.5, 0.6) is 0 Å². The van der Waals surface area contributed by atoms with E-state index in [1.807, 2.05) is 13.2 Å². The molecular weight excluding hydrogens is 490 g/mol. The summed E-state index contributed by atoms with van der Waals surface area (Å²) >= 11 is 0. The molecule has 0 aromatic carbocycles. The van der Waals surface area contributed by atoms with E-state index in [9.17, 15) is 9.90 Å². The Morgan fingerprint density at radius 3 is 2.49 bits per heavy atom. The average molecular weight is 532 g/mol. The van der Waals surface area contributed by atoms with E-state index < -0.39 is 18.0 Å². The van der Waals surface area contributed by atoms with Crippen molar-refractivity contribution in [3.05, 3.63) is 11.9 Å². The van der Waals surface area contributed by atoms with E-state index in [1.54, 1.807) is 4.68 Å². The third-order valence-electron chi connectivity index (χ3n) is 5.87. The Balaban J connectivity index is 1.10. The minimum atomic E-state index is -1.18. The largest absolute Gasteiger partial charge is 0.385 e. The number of nitrogens with zero attached hydrogens (tertiary/aromatic N) is 3. The molecule has 1 aromatic heterocycles. The van der Waals surface area contributed by atoms with Crippen LogP contribution in [0.1, 0.15) is 19.0 Å². The molecule has 0 spiro atoms. The van der Waals surface area contributed by atoms with E-state index in [4.69, 9.17) is 33.2 Å². The first-order valence-electron chi connectivity index (χ1n) is 12.7. The van der Waals surface area contributed by atoms with Crippen molar-refractivity contribution in [1.82, 2.24) is 25.6 Å². The van der Waals surface area contributed by atoms with Gasteiger partial charge in [-0.2, -0.15) is 0 Å². The van der Waals surface area contributed by atoms with Crippen LogP contribution in [-0.4, -0.2) is 130 Å². The van der Waals surface area contributed by atoms with Crippen molar-refractivity contribution >= 4 is 5.91 Å². The molecule has 0 radical (unpaired) electrons. The van der Waals surface area contributed by atoms with Crippen molar-refractivity contribution in [2.75, 3.05) is 79.7 Å². The molecule has 2 bridgehead atoms. The van der Waals surface area contributed by atoms with E-state index in [1.165, 1.54) is 6.92 Å². The summed E-state index contributed by atoms with van der Waals surface area (Å²) < 4.78 is 40.6. The van der Waals surface area contributed by atoms with Gasteiger partial charge < -0.3 is 48.9 Å². The molecule has 3 aliphatic heterocycles. The number of hydrogen-bond donors (Lipinski definition) is 3. The van der Waals surface area contributed by atoms with Gasteiger partial charge in [0.2, 0.25) is 5.91 Å². The summed E-state index contributed by atoms with van der Waals surface area (Å²) in [6.07, 6.45) is 1.15. The van der Waals surface area contributed by atoms with Crippen LogP contribution < -0.4 is 10.6 Å². The van der Waals surface area contributed by atoms with E-state index in [-0.39, 0.29) is 25.2 Å². The lowest BCUT2D eigenvalue weighted by atomic mass is 9.84. The van der Waals surface area contributed by atoms with Crippen LogP contribution in [0.3, 0.4) is 0 Å². The Morgan fingerprint density at radius 1 is 1.11 bits per heavy atom. The van der Waals surface area contributed by atoms with Gasteiger partial charge in [0.05, 0.1) is 91.5 Å². The van der Waals surface area contributed by atoms with Crippen molar-refractivity contribution < 1.29 is 43.1 Å². The second-order valence-corrected chi connectivity index (χ2v) is 8.96. The lowest BCUT2D eigenvalue weighted by molar-refractivity contribution is -0.341. The molecule has 14 heteroatoms. The third-order valence-corrected chi connectivity index (χ3v) is 5.87. The van der Waals surface area contributed by atoms with E-state index >= 15 is 0 Å². The summed E-state index contributed by atoms with van der Waals surface area (Å²) in [4.78, 5) is 11.3. The second-order valence-electron chi connectivity index (χ2n) is 8.96. The van der Waals surface area contributed by atoms with Gasteiger partial charge in [0, 0.05) is 19.9 Å². The van der Waals surface area contributed by atoms with Crippen LogP contribution in [-0.2, 0) is 51.1 Å². The molecule has 3 saturated heterocycles. The maximum atomic E-state index is 11.3. The minimum absolute atomic E-state index is 0.160. The second kappa shape index (κ2) is 16.3. The summed E-state index contributed by atoms with van der Waals surface area (Å²) in [5.74, 6) is -0.186. The maximum Gasteiger partial charge on any atom is 0.217 e. The zero-order chi connectivity index (χ0) is 26.3. The van der Waals surface area contributed by atoms with Crippen LogP contribution in [0, 0.1) is 0 Å². The average Bonchev–Trinajstić information content (AvgIpc) is 3.32. The number of nitrogens with one attached hydrogen (secondary N) is 2. The molecule has 3 N–H and O–H groups in total. The number of carbonyl (C=O) groups is 1. The van der Waals surface area contributed by atoms with Crippen molar-refractivity contribution in [2.24, 2.45) is 0 Å². The van der Waals surface area contributed by atoms with Crippen molar-refractivity contribution in [1.29, 1.82) is 0 Å². The van der Waals surface area contributed by atoms with Crippen molar-refractivity contribution in [3.8, 4) is 0 Å². The van der Waals surface area contributed by atoms with Crippen LogP contribution >= 0.6 is 0 Å². The van der Waals surface area contributed by atoms with Gasteiger partial charge in [0.15, 0.2) is 6.29 Å². The standard InChI is InChI=1S/C23H41N5O9/c1-18(29)25-20-13-23(30)17-36-22(20)37-21(23)16-35-12-11-33-10-9-32-8-7-31-6-4-28-14-19(26-27-28)15-34-5-3-24-2/h14,20-22,24,30H,3-13,15-17H2,1-2H3,(H,25,29)/t20-,21-,22?,23?/m1/s1. The quantitative estimate of drug-likeness (QED) is 0.167. The zero-order valence-electron chi connectivity index (χ0n) is 21.8. The molecule has 0 aliphatic carbocycles. The topological polar surface area (TPSA) is 157 Å². The van der Waals surface area contributed by atoms with Crippen LogP contribution in [0.15, 0.2) is 6.20 Å². The summed E-state index contributed by atoms with van der Waals surface area (Å²) in [7, 11) is 1.88. The number of carbonyl (C=O) groups excluding carboxylic acids is 1. The zero-order valence-corrected chi connectivity index (χ0v) is 21.8. The first-order valence-corrected chi connectivity index (χ1v) is 12.7. The molecule has 3 aliphatic rings. The van der Waals surface area contributed by atoms with Crippen molar-refractivity contribution in [3.63, 3.8) is 0 Å². The fourth-order valence-electron chi connectivity index (χ4n) is 3.97. The molecular formula is C23H41N5O9. The van der Waals surface area contributed by atoms with E-state index in [0.717, 1.165) is 12.2 Å². The van der Waals surface area contributed by atoms with Crippen molar-refractivity contribution in [2.45, 2.75) is 50.5 Å². The molecule has 4 heterocycles. The molecule has 4 atom stereocenters. The Morgan fingerprint density at radius 2 is 1.81 bits per heavy atom. The van der Waals surface area contributed by atoms with Gasteiger partial charge in [0.25, 0.3) is 0 Å². The number of hydrogen-bond acceptors (Lipinski definition) is 12. The van der Waals surface area contributed by atoms with E-state index in [0.29, 0.717) is 72.4 Å². The molecule has 0 saturated carbocycles. The fourth-order valence-corrected chi connectivity index (χ4v) is 3.97. The predicted molar refractivity (Wildman–Crippen MR) is 129 cm³/mol. The molecule has 4 rings (SSSR count). The number of fused-ring (bicyclic) bond motifs is 3. The molecule has 2 unspecified atom stereocenters. The molecule has 1 aromatic rings. The van der Waals surface area contributed by atoms with Gasteiger partial charge >= 0.3 is 0 Å². The Hall–Kier alpha value is -1.75. The SMILES string of the molecule is CNCCOCc1cn(CCOCCOCCOCCOC[C@H]2OC3OCC2(O)C[C@H]3NC(C)=O)nn1. The molecule has 212 valence electrons. The van der Waals surface area contributed by atoms with Gasteiger partial charge in [0.1, 0.15) is 17.4 Å². The highest BCUT2D eigenvalue weighted by atomic mass is 16.7. The van der Waals surface area contributed by atoms with Gasteiger partial charge in [-0.3, -0.25) is 4.79 Å². The van der Waals surface area contributed by atoms with Gasteiger partial charge in [-0.1, -0.05) is 5.21 Å². The molecule has 14 nitrogen and oxygen atoms in total. The number of ether oxygens (including phenoxy) is 7. The number of rotatable bonds is 20. The highest BCUT2D eigenvalue weighted by Crippen LogP contribution is 2.36. The number of aromatic nitrogens is 3. The summed E-state index contributed by atoms with van der Waals surface area (Å²) in [5, 5.41) is 24.7. The lowest BCUT2D eigenvalue weighted by Crippen LogP contribution is -2.68. The maximum absolute atomic E-state index is 11.3. The number of likely N-dealkylation sites (N-methyl/N-ethyl adjacent to an activating group) is 1. The normalized spacial score (nSPS) is 25.0. The molecule has 37 heavy (non-hydrogen) atoms. The fraction of sp³-hybridized carbons (Fsp3) is 0.870. The summed E-state index contributed by atoms with van der Waals surface area (Å²) in [6, 6.07) is -0.359. The molecule has 1 amide bonds. The lowest BCUT2D eigenvalue weighted by Gasteiger charge is -2.51.